The quantitative estimate of drug-likeness (QED) is 0.711. The Morgan fingerprint density at radius 3 is 2.34 bits per heavy atom. The molecule has 2 unspecified atom stereocenters. The minimum Gasteiger partial charge on any atom is -0.460 e. The van der Waals surface area contributed by atoms with Crippen LogP contribution in [0.3, 0.4) is 0 Å². The Bertz CT molecular complexity index is 733. The second-order valence-corrected chi connectivity index (χ2v) is 8.81. The summed E-state index contributed by atoms with van der Waals surface area (Å²) in [6.45, 7) is 7.32. The molecule has 3 N–H and O–H groups in total. The lowest BCUT2D eigenvalue weighted by atomic mass is 9.76. The van der Waals surface area contributed by atoms with Crippen LogP contribution in [-0.4, -0.2) is 29.4 Å². The van der Waals surface area contributed by atoms with E-state index in [4.69, 9.17) is 10.5 Å². The van der Waals surface area contributed by atoms with Gasteiger partial charge in [0.15, 0.2) is 0 Å². The average Bonchev–Trinajstić information content (AvgIpc) is 2.67. The zero-order valence-corrected chi connectivity index (χ0v) is 18.0. The highest BCUT2D eigenvalue weighted by molar-refractivity contribution is 6.07. The highest BCUT2D eigenvalue weighted by atomic mass is 16.6. The molecule has 0 radical (unpaired) electrons. The monoisotopic (exact) mass is 402 g/mol. The number of carbonyl (C=O) groups excluding carboxylic acids is 3. The number of nitrogens with one attached hydrogen (secondary N) is 1. The number of benzene rings is 1. The van der Waals surface area contributed by atoms with Crippen molar-refractivity contribution in [1.82, 2.24) is 5.32 Å². The second-order valence-electron chi connectivity index (χ2n) is 8.81. The zero-order valence-electron chi connectivity index (χ0n) is 18.0. The minimum atomic E-state index is -1.13. The summed E-state index contributed by atoms with van der Waals surface area (Å²) >= 11 is 0. The van der Waals surface area contributed by atoms with Gasteiger partial charge in [-0.05, 0) is 57.6 Å². The Morgan fingerprint density at radius 1 is 1.14 bits per heavy atom. The molecule has 0 heterocycles. The summed E-state index contributed by atoms with van der Waals surface area (Å²) in [7, 11) is 0. The van der Waals surface area contributed by atoms with Crippen molar-refractivity contribution >= 4 is 17.8 Å². The van der Waals surface area contributed by atoms with Gasteiger partial charge >= 0.3 is 5.97 Å². The first kappa shape index (κ1) is 23.1. The van der Waals surface area contributed by atoms with Crippen LogP contribution in [0.15, 0.2) is 24.3 Å². The molecule has 1 aromatic rings. The van der Waals surface area contributed by atoms with Gasteiger partial charge in [0.25, 0.3) is 5.91 Å². The van der Waals surface area contributed by atoms with Crippen molar-refractivity contribution in [2.24, 2.45) is 17.6 Å². The van der Waals surface area contributed by atoms with E-state index in [0.717, 1.165) is 37.7 Å². The van der Waals surface area contributed by atoms with E-state index in [9.17, 15) is 14.4 Å². The van der Waals surface area contributed by atoms with Gasteiger partial charge in [0.05, 0.1) is 12.0 Å². The third-order valence-corrected chi connectivity index (χ3v) is 5.41. The molecule has 160 valence electrons. The van der Waals surface area contributed by atoms with Gasteiger partial charge in [-0.2, -0.15) is 0 Å². The third kappa shape index (κ3) is 6.39. The van der Waals surface area contributed by atoms with Gasteiger partial charge in [0.1, 0.15) is 5.60 Å². The Hall–Kier alpha value is -2.21. The van der Waals surface area contributed by atoms with Crippen molar-refractivity contribution in [3.05, 3.63) is 35.4 Å². The van der Waals surface area contributed by atoms with E-state index in [1.54, 1.807) is 32.9 Å². The predicted octanol–water partition coefficient (Wildman–Crippen LogP) is 3.37. The molecule has 29 heavy (non-hydrogen) atoms. The van der Waals surface area contributed by atoms with Crippen LogP contribution in [0, 0.1) is 11.8 Å². The number of hydrogen-bond donors (Lipinski definition) is 2. The van der Waals surface area contributed by atoms with Crippen LogP contribution in [0.2, 0.25) is 0 Å². The lowest BCUT2D eigenvalue weighted by Crippen LogP contribution is -2.53. The highest BCUT2D eigenvalue weighted by Crippen LogP contribution is 2.33. The van der Waals surface area contributed by atoms with Gasteiger partial charge in [0, 0.05) is 5.56 Å². The van der Waals surface area contributed by atoms with Gasteiger partial charge < -0.3 is 10.5 Å². The fourth-order valence-electron chi connectivity index (χ4n) is 3.97. The molecule has 6 heteroatoms. The van der Waals surface area contributed by atoms with Crippen molar-refractivity contribution in [3.63, 3.8) is 0 Å². The minimum absolute atomic E-state index is 0.0163. The molecule has 0 aliphatic heterocycles. The molecule has 1 saturated carbocycles. The average molecular weight is 403 g/mol. The number of hydrogen-bond acceptors (Lipinski definition) is 5. The Balaban J connectivity index is 2.18. The number of carbonyl (C=O) groups is 3. The molecule has 1 aliphatic rings. The van der Waals surface area contributed by atoms with Crippen LogP contribution in [0.5, 0.6) is 0 Å². The first-order valence-corrected chi connectivity index (χ1v) is 10.6. The number of ether oxygens (including phenoxy) is 1. The first-order valence-electron chi connectivity index (χ1n) is 10.6. The molecular weight excluding hydrogens is 368 g/mol. The van der Waals surface area contributed by atoms with E-state index in [-0.39, 0.29) is 5.92 Å². The van der Waals surface area contributed by atoms with Crippen LogP contribution in [-0.2, 0) is 20.7 Å². The maximum absolute atomic E-state index is 12.9. The molecule has 2 rings (SSSR count). The summed E-state index contributed by atoms with van der Waals surface area (Å²) in [6.07, 6.45) is 5.45. The molecule has 0 aromatic heterocycles. The van der Waals surface area contributed by atoms with E-state index in [1.807, 2.05) is 19.1 Å². The summed E-state index contributed by atoms with van der Waals surface area (Å²) in [5, 5.41) is 2.40. The molecule has 0 saturated heterocycles. The topological polar surface area (TPSA) is 98.5 Å². The lowest BCUT2D eigenvalue weighted by molar-refractivity contribution is -0.164. The van der Waals surface area contributed by atoms with E-state index < -0.39 is 35.3 Å². The standard InChI is InChI=1S/C23H34N2O4/c1-5-15-11-9-10-14-17(15)20(26)25-21(27)19(24)18(16-12-7-6-8-13-16)22(28)29-23(2,3)4/h9-11,14,16,18-19H,5-8,12-13,24H2,1-4H3,(H,25,26,27). The van der Waals surface area contributed by atoms with Gasteiger partial charge in [-0.25, -0.2) is 0 Å². The Labute approximate surface area is 173 Å². The Morgan fingerprint density at radius 2 is 1.76 bits per heavy atom. The second kappa shape index (κ2) is 10.0. The number of imide groups is 1. The van der Waals surface area contributed by atoms with E-state index in [1.165, 1.54) is 0 Å². The zero-order chi connectivity index (χ0) is 21.6. The van der Waals surface area contributed by atoms with Crippen molar-refractivity contribution in [2.75, 3.05) is 0 Å². The van der Waals surface area contributed by atoms with Crippen molar-refractivity contribution in [3.8, 4) is 0 Å². The summed E-state index contributed by atoms with van der Waals surface area (Å²) in [6, 6.07) is 6.00. The summed E-state index contributed by atoms with van der Waals surface area (Å²) in [5.74, 6) is -2.37. The van der Waals surface area contributed by atoms with Crippen LogP contribution >= 0.6 is 0 Å². The number of rotatable bonds is 6. The third-order valence-electron chi connectivity index (χ3n) is 5.41. The van der Waals surface area contributed by atoms with Gasteiger partial charge in [0.2, 0.25) is 5.91 Å². The normalized spacial score (nSPS) is 17.3. The van der Waals surface area contributed by atoms with Crippen LogP contribution in [0.4, 0.5) is 0 Å². The molecule has 0 spiro atoms. The fraction of sp³-hybridized carbons (Fsp3) is 0.609. The summed E-state index contributed by atoms with van der Waals surface area (Å²) in [5.41, 5.74) is 6.87. The van der Waals surface area contributed by atoms with Crippen LogP contribution < -0.4 is 11.1 Å². The number of amides is 2. The first-order chi connectivity index (χ1) is 13.6. The van der Waals surface area contributed by atoms with Crippen LogP contribution in [0.1, 0.15) is 75.7 Å². The molecule has 2 amide bonds. The van der Waals surface area contributed by atoms with Crippen molar-refractivity contribution in [1.29, 1.82) is 0 Å². The molecule has 2 atom stereocenters. The van der Waals surface area contributed by atoms with Crippen molar-refractivity contribution in [2.45, 2.75) is 77.9 Å². The predicted molar refractivity (Wildman–Crippen MR) is 112 cm³/mol. The van der Waals surface area contributed by atoms with Crippen molar-refractivity contribution < 1.29 is 19.1 Å². The molecule has 1 fully saturated rings. The largest absolute Gasteiger partial charge is 0.460 e. The van der Waals surface area contributed by atoms with Gasteiger partial charge in [-0.3, -0.25) is 19.7 Å². The Kier molecular flexibility index (Phi) is 7.96. The smallest absolute Gasteiger partial charge is 0.311 e. The van der Waals surface area contributed by atoms with E-state index >= 15 is 0 Å². The van der Waals surface area contributed by atoms with Gasteiger partial charge in [-0.15, -0.1) is 0 Å². The molecule has 1 aromatic carbocycles. The van der Waals surface area contributed by atoms with E-state index in [0.29, 0.717) is 12.0 Å². The summed E-state index contributed by atoms with van der Waals surface area (Å²) in [4.78, 5) is 38.3. The molecule has 0 bridgehead atoms. The van der Waals surface area contributed by atoms with E-state index in [2.05, 4.69) is 5.32 Å². The molecular formula is C23H34N2O4. The molecule has 6 nitrogen and oxygen atoms in total. The maximum Gasteiger partial charge on any atom is 0.311 e. The lowest BCUT2D eigenvalue weighted by Gasteiger charge is -2.33. The number of aryl methyl sites for hydroxylation is 1. The SMILES string of the molecule is CCc1ccccc1C(=O)NC(=O)C(N)C(C(=O)OC(C)(C)C)C1CCCCC1. The maximum atomic E-state index is 12.9. The fourth-order valence-corrected chi connectivity index (χ4v) is 3.97. The number of esters is 1. The highest BCUT2D eigenvalue weighted by Gasteiger charge is 2.40. The number of nitrogens with two attached hydrogens (primary N) is 1. The summed E-state index contributed by atoms with van der Waals surface area (Å²) < 4.78 is 5.57. The van der Waals surface area contributed by atoms with Gasteiger partial charge in [-0.1, -0.05) is 44.4 Å². The van der Waals surface area contributed by atoms with Crippen LogP contribution in [0.25, 0.3) is 0 Å². The molecule has 1 aliphatic carbocycles.